The van der Waals surface area contributed by atoms with Crippen molar-refractivity contribution in [3.8, 4) is 0 Å². The maximum absolute atomic E-state index is 12.8. The smallest absolute Gasteiger partial charge is 0.236 e. The number of nitrogens with zero attached hydrogens (tertiary/aromatic N) is 1. The van der Waals surface area contributed by atoms with Gasteiger partial charge in [0.2, 0.25) is 5.91 Å². The summed E-state index contributed by atoms with van der Waals surface area (Å²) in [5.41, 5.74) is 0.675. The molecular weight excluding hydrogens is 247 g/mol. The molecule has 0 saturated heterocycles. The molecule has 1 aromatic heterocycles. The molecule has 1 aliphatic rings. The van der Waals surface area contributed by atoms with Crippen LogP contribution in [0.25, 0.3) is 0 Å². The maximum atomic E-state index is 12.8. The number of nitrogens with one attached hydrogen (secondary N) is 1. The molecule has 1 heterocycles. The average molecular weight is 260 g/mol. The summed E-state index contributed by atoms with van der Waals surface area (Å²) in [7, 11) is 0. The summed E-state index contributed by atoms with van der Waals surface area (Å²) in [4.78, 5) is 12.3. The molecule has 4 nitrogen and oxygen atoms in total. The molecule has 5 heteroatoms. The van der Waals surface area contributed by atoms with Crippen LogP contribution >= 0.6 is 0 Å². The lowest BCUT2D eigenvalue weighted by atomic mass is 10.0. The molecule has 2 aromatic rings. The van der Waals surface area contributed by atoms with Crippen LogP contribution in [-0.2, 0) is 10.2 Å². The first-order valence-electron chi connectivity index (χ1n) is 6.11. The van der Waals surface area contributed by atoms with Crippen molar-refractivity contribution < 1.29 is 13.7 Å². The van der Waals surface area contributed by atoms with Crippen molar-refractivity contribution in [3.05, 3.63) is 47.6 Å². The SMILES string of the molecule is Cc1cc(C2(C(=O)Nc3ccc(F)cc3)CC2)no1. The lowest BCUT2D eigenvalue weighted by Gasteiger charge is -2.12. The van der Waals surface area contributed by atoms with Gasteiger partial charge in [-0.3, -0.25) is 4.79 Å². The lowest BCUT2D eigenvalue weighted by Crippen LogP contribution is -2.28. The van der Waals surface area contributed by atoms with Crippen molar-refractivity contribution in [2.24, 2.45) is 0 Å². The molecule has 3 rings (SSSR count). The van der Waals surface area contributed by atoms with Crippen LogP contribution in [0.2, 0.25) is 0 Å². The van der Waals surface area contributed by atoms with E-state index in [2.05, 4.69) is 10.5 Å². The van der Waals surface area contributed by atoms with E-state index in [0.29, 0.717) is 17.1 Å². The number of aromatic nitrogens is 1. The van der Waals surface area contributed by atoms with Crippen molar-refractivity contribution >= 4 is 11.6 Å². The Labute approximate surface area is 109 Å². The van der Waals surface area contributed by atoms with Gasteiger partial charge in [0.05, 0.1) is 11.1 Å². The van der Waals surface area contributed by atoms with Gasteiger partial charge in [-0.1, -0.05) is 5.16 Å². The van der Waals surface area contributed by atoms with E-state index in [4.69, 9.17) is 4.52 Å². The van der Waals surface area contributed by atoms with Gasteiger partial charge >= 0.3 is 0 Å². The van der Waals surface area contributed by atoms with E-state index in [9.17, 15) is 9.18 Å². The number of rotatable bonds is 3. The molecule has 1 amide bonds. The van der Waals surface area contributed by atoms with Crippen LogP contribution in [0, 0.1) is 12.7 Å². The van der Waals surface area contributed by atoms with Gasteiger partial charge in [-0.15, -0.1) is 0 Å². The van der Waals surface area contributed by atoms with Crippen molar-refractivity contribution in [2.45, 2.75) is 25.2 Å². The van der Waals surface area contributed by atoms with Gasteiger partial charge in [0.15, 0.2) is 0 Å². The number of amides is 1. The number of hydrogen-bond acceptors (Lipinski definition) is 3. The number of aryl methyl sites for hydroxylation is 1. The minimum Gasteiger partial charge on any atom is -0.361 e. The number of halogens is 1. The molecule has 98 valence electrons. The van der Waals surface area contributed by atoms with Gasteiger partial charge in [0, 0.05) is 11.8 Å². The van der Waals surface area contributed by atoms with Gasteiger partial charge in [-0.25, -0.2) is 4.39 Å². The van der Waals surface area contributed by atoms with Gasteiger partial charge in [-0.2, -0.15) is 0 Å². The van der Waals surface area contributed by atoms with Gasteiger partial charge in [0.1, 0.15) is 11.6 Å². The van der Waals surface area contributed by atoms with E-state index in [-0.39, 0.29) is 11.7 Å². The van der Waals surface area contributed by atoms with Crippen LogP contribution in [0.4, 0.5) is 10.1 Å². The number of carbonyl (C=O) groups is 1. The second-order valence-corrected chi connectivity index (χ2v) is 4.87. The predicted molar refractivity (Wildman–Crippen MR) is 67.2 cm³/mol. The average Bonchev–Trinajstić information content (AvgIpc) is 3.10. The Hall–Kier alpha value is -2.17. The monoisotopic (exact) mass is 260 g/mol. The first kappa shape index (κ1) is 11.9. The van der Waals surface area contributed by atoms with Crippen molar-refractivity contribution in [3.63, 3.8) is 0 Å². The normalized spacial score (nSPS) is 16.1. The number of anilines is 1. The highest BCUT2D eigenvalue weighted by Crippen LogP contribution is 2.48. The van der Waals surface area contributed by atoms with Gasteiger partial charge in [0.25, 0.3) is 0 Å². The Morgan fingerprint density at radius 2 is 2.05 bits per heavy atom. The molecule has 0 aliphatic heterocycles. The van der Waals surface area contributed by atoms with Crippen LogP contribution < -0.4 is 5.32 Å². The quantitative estimate of drug-likeness (QED) is 0.923. The molecule has 1 aromatic carbocycles. The summed E-state index contributed by atoms with van der Waals surface area (Å²) < 4.78 is 17.8. The molecule has 1 fully saturated rings. The minimum atomic E-state index is -0.577. The maximum Gasteiger partial charge on any atom is 0.236 e. The third-order valence-electron chi connectivity index (χ3n) is 3.41. The Morgan fingerprint density at radius 3 is 2.58 bits per heavy atom. The number of benzene rings is 1. The minimum absolute atomic E-state index is 0.118. The van der Waals surface area contributed by atoms with Crippen molar-refractivity contribution in [2.75, 3.05) is 5.32 Å². The Bertz CT molecular complexity index is 615. The fraction of sp³-hybridized carbons (Fsp3) is 0.286. The number of carbonyl (C=O) groups excluding carboxylic acids is 1. The van der Waals surface area contributed by atoms with Gasteiger partial charge < -0.3 is 9.84 Å². The topological polar surface area (TPSA) is 55.1 Å². The first-order valence-corrected chi connectivity index (χ1v) is 6.11. The summed E-state index contributed by atoms with van der Waals surface area (Å²) in [6.07, 6.45) is 1.51. The van der Waals surface area contributed by atoms with Crippen LogP contribution in [0.1, 0.15) is 24.3 Å². The summed E-state index contributed by atoms with van der Waals surface area (Å²) >= 11 is 0. The summed E-state index contributed by atoms with van der Waals surface area (Å²) in [5.74, 6) is 0.245. The molecule has 0 spiro atoms. The molecule has 1 aliphatic carbocycles. The van der Waals surface area contributed by atoms with E-state index >= 15 is 0 Å². The molecule has 1 N–H and O–H groups in total. The fourth-order valence-corrected chi connectivity index (χ4v) is 2.10. The second-order valence-electron chi connectivity index (χ2n) is 4.87. The van der Waals surface area contributed by atoms with E-state index in [1.165, 1.54) is 24.3 Å². The number of hydrogen-bond donors (Lipinski definition) is 1. The highest BCUT2D eigenvalue weighted by molar-refractivity contribution is 6.01. The fourth-order valence-electron chi connectivity index (χ4n) is 2.10. The Kier molecular flexibility index (Phi) is 2.62. The summed E-state index contributed by atoms with van der Waals surface area (Å²) in [6, 6.07) is 7.50. The largest absolute Gasteiger partial charge is 0.361 e. The van der Waals surface area contributed by atoms with Crippen LogP contribution in [-0.4, -0.2) is 11.1 Å². The van der Waals surface area contributed by atoms with E-state index in [1.807, 2.05) is 0 Å². The van der Waals surface area contributed by atoms with E-state index < -0.39 is 5.41 Å². The first-order chi connectivity index (χ1) is 9.10. The molecule has 0 bridgehead atoms. The highest BCUT2D eigenvalue weighted by atomic mass is 19.1. The van der Waals surface area contributed by atoms with Crippen molar-refractivity contribution in [1.29, 1.82) is 0 Å². The zero-order valence-corrected chi connectivity index (χ0v) is 10.4. The zero-order chi connectivity index (χ0) is 13.5. The molecular formula is C14H13FN2O2. The zero-order valence-electron chi connectivity index (χ0n) is 10.4. The highest BCUT2D eigenvalue weighted by Gasteiger charge is 2.53. The Morgan fingerprint density at radius 1 is 1.37 bits per heavy atom. The Balaban J connectivity index is 1.79. The van der Waals surface area contributed by atoms with Crippen LogP contribution in [0.5, 0.6) is 0 Å². The third kappa shape index (κ3) is 2.12. The summed E-state index contributed by atoms with van der Waals surface area (Å²) in [6.45, 7) is 1.80. The molecule has 0 radical (unpaired) electrons. The summed E-state index contributed by atoms with van der Waals surface area (Å²) in [5, 5.41) is 6.72. The molecule has 0 unspecified atom stereocenters. The van der Waals surface area contributed by atoms with Gasteiger partial charge in [-0.05, 0) is 44.0 Å². The molecule has 0 atom stereocenters. The third-order valence-corrected chi connectivity index (χ3v) is 3.41. The predicted octanol–water partition coefficient (Wildman–Crippen LogP) is 2.79. The molecule has 1 saturated carbocycles. The van der Waals surface area contributed by atoms with E-state index in [1.54, 1.807) is 13.0 Å². The lowest BCUT2D eigenvalue weighted by molar-refractivity contribution is -0.118. The van der Waals surface area contributed by atoms with Crippen LogP contribution in [0.3, 0.4) is 0 Å². The standard InChI is InChI=1S/C14H13FN2O2/c1-9-8-12(17-19-9)14(6-7-14)13(18)16-11-4-2-10(15)3-5-11/h2-5,8H,6-7H2,1H3,(H,16,18). The molecule has 19 heavy (non-hydrogen) atoms. The van der Waals surface area contributed by atoms with Crippen molar-refractivity contribution in [1.82, 2.24) is 5.16 Å². The van der Waals surface area contributed by atoms with E-state index in [0.717, 1.165) is 12.8 Å². The van der Waals surface area contributed by atoms with Crippen LogP contribution in [0.15, 0.2) is 34.9 Å². The second kappa shape index (κ2) is 4.19.